The predicted octanol–water partition coefficient (Wildman–Crippen LogP) is 3.16. The van der Waals surface area contributed by atoms with Gasteiger partial charge in [-0.15, -0.1) is 12.6 Å². The molecule has 1 aliphatic carbocycles. The Morgan fingerprint density at radius 1 is 1.27 bits per heavy atom. The lowest BCUT2D eigenvalue weighted by Gasteiger charge is -2.01. The van der Waals surface area contributed by atoms with Crippen molar-refractivity contribution in [2.75, 3.05) is 0 Å². The van der Waals surface area contributed by atoms with Crippen LogP contribution in [0.15, 0.2) is 23.1 Å². The third kappa shape index (κ3) is 1.59. The zero-order valence-corrected chi connectivity index (χ0v) is 7.57. The summed E-state index contributed by atoms with van der Waals surface area (Å²) in [6.45, 7) is 2.13. The fourth-order valence-electron chi connectivity index (χ4n) is 1.44. The summed E-state index contributed by atoms with van der Waals surface area (Å²) in [5, 5.41) is 0. The number of benzene rings is 1. The van der Waals surface area contributed by atoms with Crippen molar-refractivity contribution in [3.05, 3.63) is 29.3 Å². The Hall–Kier alpha value is -0.430. The van der Waals surface area contributed by atoms with Crippen molar-refractivity contribution in [1.82, 2.24) is 0 Å². The lowest BCUT2D eigenvalue weighted by atomic mass is 10.1. The van der Waals surface area contributed by atoms with Crippen LogP contribution in [0.5, 0.6) is 0 Å². The summed E-state index contributed by atoms with van der Waals surface area (Å²) >= 11 is 4.35. The van der Waals surface area contributed by atoms with Gasteiger partial charge in [-0.2, -0.15) is 0 Å². The van der Waals surface area contributed by atoms with E-state index in [-0.39, 0.29) is 0 Å². The summed E-state index contributed by atoms with van der Waals surface area (Å²) in [5.74, 6) is 0.848. The van der Waals surface area contributed by atoms with Crippen LogP contribution in [0.3, 0.4) is 0 Å². The van der Waals surface area contributed by atoms with Crippen LogP contribution in [-0.2, 0) is 0 Å². The molecule has 1 aromatic rings. The molecule has 1 aliphatic rings. The summed E-state index contributed by atoms with van der Waals surface area (Å²) < 4.78 is 0. The molecule has 0 atom stereocenters. The number of hydrogen-bond acceptors (Lipinski definition) is 1. The van der Waals surface area contributed by atoms with E-state index in [1.165, 1.54) is 24.0 Å². The van der Waals surface area contributed by atoms with Gasteiger partial charge in [0.1, 0.15) is 0 Å². The molecule has 0 aromatic heterocycles. The predicted molar refractivity (Wildman–Crippen MR) is 50.4 cm³/mol. The zero-order valence-electron chi connectivity index (χ0n) is 6.67. The van der Waals surface area contributed by atoms with Gasteiger partial charge < -0.3 is 0 Å². The SMILES string of the molecule is Cc1cc(S)cc(C2CC2)c1. The van der Waals surface area contributed by atoms with E-state index < -0.39 is 0 Å². The van der Waals surface area contributed by atoms with Gasteiger partial charge in [0.05, 0.1) is 0 Å². The molecule has 0 radical (unpaired) electrons. The molecule has 0 amide bonds. The first kappa shape index (κ1) is 7.23. The highest BCUT2D eigenvalue weighted by Crippen LogP contribution is 2.40. The maximum absolute atomic E-state index is 4.35. The fraction of sp³-hybridized carbons (Fsp3) is 0.400. The summed E-state index contributed by atoms with van der Waals surface area (Å²) in [4.78, 5) is 1.10. The Morgan fingerprint density at radius 2 is 2.00 bits per heavy atom. The zero-order chi connectivity index (χ0) is 7.84. The highest BCUT2D eigenvalue weighted by atomic mass is 32.1. The Balaban J connectivity index is 2.39. The molecule has 0 spiro atoms. The van der Waals surface area contributed by atoms with Crippen LogP contribution >= 0.6 is 12.6 Å². The van der Waals surface area contributed by atoms with Crippen molar-refractivity contribution in [2.24, 2.45) is 0 Å². The normalized spacial score (nSPS) is 16.9. The van der Waals surface area contributed by atoms with E-state index in [9.17, 15) is 0 Å². The molecule has 2 rings (SSSR count). The van der Waals surface area contributed by atoms with Crippen molar-refractivity contribution in [2.45, 2.75) is 30.6 Å². The van der Waals surface area contributed by atoms with Crippen LogP contribution in [0.4, 0.5) is 0 Å². The van der Waals surface area contributed by atoms with E-state index in [1.54, 1.807) is 0 Å². The number of aryl methyl sites for hydroxylation is 1. The highest BCUT2D eigenvalue weighted by Gasteiger charge is 2.23. The van der Waals surface area contributed by atoms with Gasteiger partial charge in [0.15, 0.2) is 0 Å². The van der Waals surface area contributed by atoms with Crippen molar-refractivity contribution < 1.29 is 0 Å². The average Bonchev–Trinajstić information content (AvgIpc) is 2.64. The van der Waals surface area contributed by atoms with Gasteiger partial charge in [0.2, 0.25) is 0 Å². The monoisotopic (exact) mass is 164 g/mol. The van der Waals surface area contributed by atoms with E-state index in [0.717, 1.165) is 10.8 Å². The molecule has 1 aromatic carbocycles. The van der Waals surface area contributed by atoms with Gasteiger partial charge in [0, 0.05) is 4.90 Å². The minimum absolute atomic E-state index is 0.848. The van der Waals surface area contributed by atoms with Gasteiger partial charge >= 0.3 is 0 Å². The number of rotatable bonds is 1. The molecule has 0 aliphatic heterocycles. The molecule has 0 N–H and O–H groups in total. The largest absolute Gasteiger partial charge is 0.143 e. The first-order valence-corrected chi connectivity index (χ1v) is 4.51. The summed E-state index contributed by atoms with van der Waals surface area (Å²) in [6, 6.07) is 6.57. The minimum Gasteiger partial charge on any atom is -0.143 e. The molecule has 1 heteroatoms. The van der Waals surface area contributed by atoms with Gasteiger partial charge in [0.25, 0.3) is 0 Å². The van der Waals surface area contributed by atoms with E-state index in [0.29, 0.717) is 0 Å². The first-order valence-electron chi connectivity index (χ1n) is 4.06. The molecule has 1 saturated carbocycles. The summed E-state index contributed by atoms with van der Waals surface area (Å²) in [6.07, 6.45) is 2.74. The maximum Gasteiger partial charge on any atom is 0.00454 e. The van der Waals surface area contributed by atoms with Gasteiger partial charge in [-0.25, -0.2) is 0 Å². The molecular formula is C10H12S. The van der Waals surface area contributed by atoms with Crippen LogP contribution < -0.4 is 0 Å². The average molecular weight is 164 g/mol. The Kier molecular flexibility index (Phi) is 1.68. The van der Waals surface area contributed by atoms with Crippen LogP contribution in [0.25, 0.3) is 0 Å². The second-order valence-corrected chi connectivity index (χ2v) is 3.89. The first-order chi connectivity index (χ1) is 5.25. The molecule has 58 valence electrons. The molecule has 0 nitrogen and oxygen atoms in total. The molecule has 0 unspecified atom stereocenters. The summed E-state index contributed by atoms with van der Waals surface area (Å²) in [7, 11) is 0. The van der Waals surface area contributed by atoms with E-state index in [4.69, 9.17) is 0 Å². The fourth-order valence-corrected chi connectivity index (χ4v) is 1.80. The third-order valence-electron chi connectivity index (χ3n) is 2.13. The van der Waals surface area contributed by atoms with Crippen molar-refractivity contribution >= 4 is 12.6 Å². The topological polar surface area (TPSA) is 0 Å². The van der Waals surface area contributed by atoms with Gasteiger partial charge in [-0.05, 0) is 48.9 Å². The van der Waals surface area contributed by atoms with Crippen molar-refractivity contribution in [3.63, 3.8) is 0 Å². The standard InChI is InChI=1S/C10H12S/c1-7-4-9(8-2-3-8)6-10(11)5-7/h4-6,8,11H,2-3H2,1H3. The van der Waals surface area contributed by atoms with E-state index in [1.807, 2.05) is 0 Å². The number of thiol groups is 1. The molecule has 0 bridgehead atoms. The molecule has 11 heavy (non-hydrogen) atoms. The lowest BCUT2D eigenvalue weighted by Crippen LogP contribution is -1.81. The Labute approximate surface area is 73.0 Å². The summed E-state index contributed by atoms with van der Waals surface area (Å²) in [5.41, 5.74) is 2.81. The molecular weight excluding hydrogens is 152 g/mol. The van der Waals surface area contributed by atoms with Crippen LogP contribution in [0, 0.1) is 6.92 Å². The van der Waals surface area contributed by atoms with Gasteiger partial charge in [-0.1, -0.05) is 6.07 Å². The second kappa shape index (κ2) is 2.56. The van der Waals surface area contributed by atoms with E-state index in [2.05, 4.69) is 37.8 Å². The quantitative estimate of drug-likeness (QED) is 0.606. The minimum atomic E-state index is 0.848. The van der Waals surface area contributed by atoms with Crippen LogP contribution in [-0.4, -0.2) is 0 Å². The van der Waals surface area contributed by atoms with Crippen molar-refractivity contribution in [3.8, 4) is 0 Å². The highest BCUT2D eigenvalue weighted by molar-refractivity contribution is 7.80. The van der Waals surface area contributed by atoms with E-state index >= 15 is 0 Å². The van der Waals surface area contributed by atoms with Crippen LogP contribution in [0.2, 0.25) is 0 Å². The third-order valence-corrected chi connectivity index (χ3v) is 2.39. The maximum atomic E-state index is 4.35. The molecule has 1 fully saturated rings. The van der Waals surface area contributed by atoms with Gasteiger partial charge in [-0.3, -0.25) is 0 Å². The second-order valence-electron chi connectivity index (χ2n) is 3.38. The molecule has 0 saturated heterocycles. The Bertz CT molecular complexity index is 254. The van der Waals surface area contributed by atoms with Crippen molar-refractivity contribution in [1.29, 1.82) is 0 Å². The lowest BCUT2D eigenvalue weighted by molar-refractivity contribution is 1.10. The van der Waals surface area contributed by atoms with Crippen LogP contribution in [0.1, 0.15) is 29.9 Å². The smallest absolute Gasteiger partial charge is 0.00454 e. The molecule has 0 heterocycles. The Morgan fingerprint density at radius 3 is 2.55 bits per heavy atom. The number of hydrogen-bond donors (Lipinski definition) is 1.